The number of anilines is 1. The van der Waals surface area contributed by atoms with Crippen molar-refractivity contribution in [2.75, 3.05) is 4.90 Å². The molecule has 1 heterocycles. The van der Waals surface area contributed by atoms with Crippen molar-refractivity contribution in [3.8, 4) is 5.75 Å². The quantitative estimate of drug-likeness (QED) is 0.451. The van der Waals surface area contributed by atoms with Crippen LogP contribution in [0.15, 0.2) is 42.0 Å². The Balaban J connectivity index is 2.03. The van der Waals surface area contributed by atoms with E-state index in [4.69, 9.17) is 35.4 Å². The number of rotatable bonds is 2. The maximum absolute atomic E-state index is 12.9. The van der Waals surface area contributed by atoms with E-state index >= 15 is 0 Å². The highest BCUT2D eigenvalue weighted by Crippen LogP contribution is 2.28. The number of phenols is 1. The van der Waals surface area contributed by atoms with E-state index in [9.17, 15) is 14.7 Å². The average molecular weight is 407 g/mol. The first-order valence-electron chi connectivity index (χ1n) is 7.44. The van der Waals surface area contributed by atoms with Crippen molar-refractivity contribution < 1.29 is 14.7 Å². The van der Waals surface area contributed by atoms with E-state index in [1.165, 1.54) is 29.2 Å². The summed E-state index contributed by atoms with van der Waals surface area (Å²) in [6.07, 6.45) is 1.38. The van der Waals surface area contributed by atoms with E-state index in [0.29, 0.717) is 16.3 Å². The van der Waals surface area contributed by atoms with Gasteiger partial charge in [-0.1, -0.05) is 35.3 Å². The molecule has 132 valence electrons. The number of nitrogens with zero attached hydrogens (tertiary/aromatic N) is 1. The molecule has 2 aromatic rings. The molecular formula is C18H12Cl2N2O3S. The van der Waals surface area contributed by atoms with Crippen molar-refractivity contribution in [2.24, 2.45) is 0 Å². The third-order valence-corrected chi connectivity index (χ3v) is 4.79. The molecule has 5 nitrogen and oxygen atoms in total. The Bertz CT molecular complexity index is 988. The Hall–Kier alpha value is -2.41. The molecule has 0 bridgehead atoms. The number of aromatic hydroxyl groups is 1. The topological polar surface area (TPSA) is 69.6 Å². The maximum atomic E-state index is 12.9. The van der Waals surface area contributed by atoms with Gasteiger partial charge in [-0.15, -0.1) is 0 Å². The molecule has 1 fully saturated rings. The van der Waals surface area contributed by atoms with E-state index in [-0.39, 0.29) is 21.5 Å². The molecule has 1 aliphatic rings. The molecule has 26 heavy (non-hydrogen) atoms. The van der Waals surface area contributed by atoms with Crippen molar-refractivity contribution in [1.82, 2.24) is 5.32 Å². The summed E-state index contributed by atoms with van der Waals surface area (Å²) in [5, 5.41) is 12.5. The van der Waals surface area contributed by atoms with Crippen molar-refractivity contribution in [2.45, 2.75) is 6.92 Å². The highest BCUT2D eigenvalue weighted by molar-refractivity contribution is 7.80. The number of aryl methyl sites for hydroxylation is 1. The Labute approximate surface area is 164 Å². The summed E-state index contributed by atoms with van der Waals surface area (Å²) in [7, 11) is 0. The van der Waals surface area contributed by atoms with Gasteiger partial charge in [-0.25, -0.2) is 0 Å². The van der Waals surface area contributed by atoms with Crippen molar-refractivity contribution in [3.63, 3.8) is 0 Å². The summed E-state index contributed by atoms with van der Waals surface area (Å²) >= 11 is 17.2. The second-order valence-electron chi connectivity index (χ2n) is 5.60. The molecule has 2 amide bonds. The van der Waals surface area contributed by atoms with E-state index < -0.39 is 11.8 Å². The zero-order valence-corrected chi connectivity index (χ0v) is 15.7. The van der Waals surface area contributed by atoms with Gasteiger partial charge >= 0.3 is 0 Å². The molecule has 1 aliphatic heterocycles. The van der Waals surface area contributed by atoms with Crippen LogP contribution in [0.2, 0.25) is 10.0 Å². The normalized spacial score (nSPS) is 16.2. The standard InChI is InChI=1S/C18H12Cl2N2O3S/c1-9-2-4-11(8-13(9)19)22-17(25)12(16(24)21-18(22)26)6-10-3-5-15(23)14(20)7-10/h2-8,23H,1H3,(H,21,24,26)/b12-6+. The summed E-state index contributed by atoms with van der Waals surface area (Å²) in [6.45, 7) is 1.84. The van der Waals surface area contributed by atoms with Crippen LogP contribution in [0.25, 0.3) is 6.08 Å². The van der Waals surface area contributed by atoms with Crippen molar-refractivity contribution >= 4 is 64.1 Å². The lowest BCUT2D eigenvalue weighted by Gasteiger charge is -2.29. The van der Waals surface area contributed by atoms with Crippen LogP contribution in [0, 0.1) is 6.92 Å². The third-order valence-electron chi connectivity index (χ3n) is 3.80. The predicted molar refractivity (Wildman–Crippen MR) is 106 cm³/mol. The summed E-state index contributed by atoms with van der Waals surface area (Å²) in [5.41, 5.74) is 1.67. The molecule has 0 spiro atoms. The van der Waals surface area contributed by atoms with Crippen LogP contribution in [-0.2, 0) is 9.59 Å². The van der Waals surface area contributed by atoms with Gasteiger partial charge < -0.3 is 5.11 Å². The lowest BCUT2D eigenvalue weighted by Crippen LogP contribution is -2.54. The van der Waals surface area contributed by atoms with Crippen LogP contribution >= 0.6 is 35.4 Å². The number of thiocarbonyl (C=S) groups is 1. The summed E-state index contributed by atoms with van der Waals surface area (Å²) in [6, 6.07) is 9.42. The Morgan fingerprint density at radius 3 is 2.50 bits per heavy atom. The third kappa shape index (κ3) is 3.44. The molecule has 1 saturated heterocycles. The van der Waals surface area contributed by atoms with Gasteiger partial charge in [0.05, 0.1) is 10.7 Å². The molecule has 0 saturated carbocycles. The van der Waals surface area contributed by atoms with Crippen LogP contribution in [0.1, 0.15) is 11.1 Å². The number of benzene rings is 2. The van der Waals surface area contributed by atoms with Crippen LogP contribution in [0.3, 0.4) is 0 Å². The highest BCUT2D eigenvalue weighted by atomic mass is 35.5. The Kier molecular flexibility index (Phi) is 5.00. The van der Waals surface area contributed by atoms with Gasteiger partial charge in [0.2, 0.25) is 0 Å². The lowest BCUT2D eigenvalue weighted by atomic mass is 10.1. The molecule has 8 heteroatoms. The summed E-state index contributed by atoms with van der Waals surface area (Å²) in [4.78, 5) is 26.3. The zero-order chi connectivity index (χ0) is 19.0. The van der Waals surface area contributed by atoms with E-state index in [1.807, 2.05) is 6.92 Å². The fraction of sp³-hybridized carbons (Fsp3) is 0.0556. The minimum absolute atomic E-state index is 0.0270. The SMILES string of the molecule is Cc1ccc(N2C(=O)/C(=C/c3ccc(O)c(Cl)c3)C(=O)NC2=S)cc1Cl. The van der Waals surface area contributed by atoms with Gasteiger partial charge in [-0.3, -0.25) is 19.8 Å². The number of phenolic OH excluding ortho intramolecular Hbond substituents is 1. The number of halogens is 2. The number of hydrogen-bond donors (Lipinski definition) is 2. The van der Waals surface area contributed by atoms with E-state index in [1.54, 1.807) is 18.2 Å². The second-order valence-corrected chi connectivity index (χ2v) is 6.80. The first-order valence-corrected chi connectivity index (χ1v) is 8.60. The highest BCUT2D eigenvalue weighted by Gasteiger charge is 2.34. The Morgan fingerprint density at radius 2 is 1.85 bits per heavy atom. The first-order chi connectivity index (χ1) is 12.3. The molecule has 0 unspecified atom stereocenters. The molecule has 3 rings (SSSR count). The molecule has 0 aromatic heterocycles. The van der Waals surface area contributed by atoms with Gasteiger partial charge in [0, 0.05) is 5.02 Å². The van der Waals surface area contributed by atoms with Gasteiger partial charge in [-0.2, -0.15) is 0 Å². The lowest BCUT2D eigenvalue weighted by molar-refractivity contribution is -0.122. The minimum atomic E-state index is -0.612. The fourth-order valence-corrected chi connectivity index (χ4v) is 3.04. The number of carbonyl (C=O) groups is 2. The van der Waals surface area contributed by atoms with E-state index in [0.717, 1.165) is 5.56 Å². The minimum Gasteiger partial charge on any atom is -0.506 e. The smallest absolute Gasteiger partial charge is 0.270 e. The number of hydrogen-bond acceptors (Lipinski definition) is 4. The molecular weight excluding hydrogens is 395 g/mol. The molecule has 0 aliphatic carbocycles. The zero-order valence-electron chi connectivity index (χ0n) is 13.4. The fourth-order valence-electron chi connectivity index (χ4n) is 2.39. The first kappa shape index (κ1) is 18.4. The summed E-state index contributed by atoms with van der Waals surface area (Å²) in [5.74, 6) is -1.29. The maximum Gasteiger partial charge on any atom is 0.270 e. The van der Waals surface area contributed by atoms with Crippen molar-refractivity contribution in [1.29, 1.82) is 0 Å². The monoisotopic (exact) mass is 406 g/mol. The van der Waals surface area contributed by atoms with Gasteiger partial charge in [0.25, 0.3) is 11.8 Å². The summed E-state index contributed by atoms with van der Waals surface area (Å²) < 4.78 is 0. The van der Waals surface area contributed by atoms with Crippen LogP contribution in [0.4, 0.5) is 5.69 Å². The molecule has 2 N–H and O–H groups in total. The van der Waals surface area contributed by atoms with Crippen LogP contribution in [-0.4, -0.2) is 22.0 Å². The number of amides is 2. The van der Waals surface area contributed by atoms with Crippen molar-refractivity contribution in [3.05, 3.63) is 63.1 Å². The predicted octanol–water partition coefficient (Wildman–Crippen LogP) is 3.84. The molecule has 2 aromatic carbocycles. The number of nitrogens with one attached hydrogen (secondary N) is 1. The molecule has 0 radical (unpaired) electrons. The van der Waals surface area contributed by atoms with Gasteiger partial charge in [0.1, 0.15) is 11.3 Å². The number of carbonyl (C=O) groups excluding carboxylic acids is 2. The Morgan fingerprint density at radius 1 is 1.12 bits per heavy atom. The second kappa shape index (κ2) is 7.07. The van der Waals surface area contributed by atoms with Crippen LogP contribution in [0.5, 0.6) is 5.75 Å². The molecule has 0 atom stereocenters. The van der Waals surface area contributed by atoms with Gasteiger partial charge in [-0.05, 0) is 60.6 Å². The van der Waals surface area contributed by atoms with Gasteiger partial charge in [0.15, 0.2) is 5.11 Å². The van der Waals surface area contributed by atoms with Crippen LogP contribution < -0.4 is 10.2 Å². The average Bonchev–Trinajstić information content (AvgIpc) is 2.57. The largest absolute Gasteiger partial charge is 0.506 e. The van der Waals surface area contributed by atoms with E-state index in [2.05, 4.69) is 5.32 Å².